The summed E-state index contributed by atoms with van der Waals surface area (Å²) in [5, 5.41) is 7.77. The van der Waals surface area contributed by atoms with Crippen LogP contribution in [-0.4, -0.2) is 35.5 Å². The lowest BCUT2D eigenvalue weighted by Gasteiger charge is -2.13. The second-order valence-electron chi connectivity index (χ2n) is 5.10. The summed E-state index contributed by atoms with van der Waals surface area (Å²) in [6, 6.07) is 0.265. The Balaban J connectivity index is 2.14. The van der Waals surface area contributed by atoms with Gasteiger partial charge in [0.25, 0.3) is 0 Å². The van der Waals surface area contributed by atoms with Gasteiger partial charge in [0, 0.05) is 24.3 Å². The number of carbonyl (C=O) groups is 1. The van der Waals surface area contributed by atoms with Crippen molar-refractivity contribution < 1.29 is 4.79 Å². The van der Waals surface area contributed by atoms with E-state index in [2.05, 4.69) is 36.4 Å². The quantitative estimate of drug-likeness (QED) is 0.777. The first kappa shape index (κ1) is 15.3. The van der Waals surface area contributed by atoms with Gasteiger partial charge in [0.2, 0.25) is 5.91 Å². The minimum absolute atomic E-state index is 0.112. The maximum atomic E-state index is 11.6. The van der Waals surface area contributed by atoms with Gasteiger partial charge in [0.1, 0.15) is 0 Å². The predicted molar refractivity (Wildman–Crippen MR) is 79.0 cm³/mol. The Morgan fingerprint density at radius 2 is 2.22 bits per heavy atom. The summed E-state index contributed by atoms with van der Waals surface area (Å²) in [7, 11) is 0. The van der Waals surface area contributed by atoms with Gasteiger partial charge in [-0.25, -0.2) is 0 Å². The molecule has 104 valence electrons. The highest BCUT2D eigenvalue weighted by Gasteiger charge is 2.22. The van der Waals surface area contributed by atoms with Gasteiger partial charge in [-0.1, -0.05) is 32.5 Å². The lowest BCUT2D eigenvalue weighted by Crippen LogP contribution is -2.34. The number of hydrogen-bond acceptors (Lipinski definition) is 4. The summed E-state index contributed by atoms with van der Waals surface area (Å²) >= 11 is 1.80. The van der Waals surface area contributed by atoms with Crippen LogP contribution in [0, 0.1) is 5.92 Å². The van der Waals surface area contributed by atoms with Gasteiger partial charge in [-0.15, -0.1) is 0 Å². The third kappa shape index (κ3) is 5.29. The van der Waals surface area contributed by atoms with Gasteiger partial charge < -0.3 is 10.6 Å². The molecule has 0 aromatic heterocycles. The van der Waals surface area contributed by atoms with Crippen LogP contribution in [0.5, 0.6) is 0 Å². The fraction of sp³-hybridized carbons (Fsp3) is 0.846. The number of amidine groups is 1. The number of rotatable bonds is 6. The first-order chi connectivity index (χ1) is 8.52. The molecule has 0 bridgehead atoms. The van der Waals surface area contributed by atoms with Gasteiger partial charge >= 0.3 is 0 Å². The zero-order chi connectivity index (χ0) is 13.5. The first-order valence-corrected chi connectivity index (χ1v) is 7.65. The SMILES string of the molecule is CCC(C)NC(=O)CCNC1=NCC(C(C)C)S1. The van der Waals surface area contributed by atoms with Crippen molar-refractivity contribution in [2.45, 2.75) is 51.8 Å². The molecule has 5 heteroatoms. The molecule has 0 aromatic rings. The maximum Gasteiger partial charge on any atom is 0.221 e. The Bertz CT molecular complexity index is 305. The number of carbonyl (C=O) groups excluding carboxylic acids is 1. The summed E-state index contributed by atoms with van der Waals surface area (Å²) < 4.78 is 0. The molecule has 1 aliphatic heterocycles. The number of nitrogens with zero attached hydrogens (tertiary/aromatic N) is 1. The van der Waals surface area contributed by atoms with Crippen molar-refractivity contribution >= 4 is 22.8 Å². The van der Waals surface area contributed by atoms with Crippen molar-refractivity contribution in [1.29, 1.82) is 0 Å². The third-order valence-electron chi connectivity index (χ3n) is 3.07. The zero-order valence-corrected chi connectivity index (χ0v) is 12.6. The second-order valence-corrected chi connectivity index (χ2v) is 6.33. The molecule has 1 rings (SSSR count). The Labute approximate surface area is 114 Å². The maximum absolute atomic E-state index is 11.6. The van der Waals surface area contributed by atoms with Crippen LogP contribution >= 0.6 is 11.8 Å². The number of thioether (sulfide) groups is 1. The molecule has 0 saturated carbocycles. The summed E-state index contributed by atoms with van der Waals surface area (Å²) in [6.07, 6.45) is 1.48. The highest BCUT2D eigenvalue weighted by atomic mass is 32.2. The summed E-state index contributed by atoms with van der Waals surface area (Å²) in [5.41, 5.74) is 0. The Hall–Kier alpha value is -0.710. The lowest BCUT2D eigenvalue weighted by molar-refractivity contribution is -0.121. The molecule has 4 nitrogen and oxygen atoms in total. The Morgan fingerprint density at radius 3 is 2.78 bits per heavy atom. The van der Waals surface area contributed by atoms with Crippen molar-refractivity contribution in [1.82, 2.24) is 10.6 Å². The number of amides is 1. The molecule has 2 atom stereocenters. The van der Waals surface area contributed by atoms with E-state index >= 15 is 0 Å². The van der Waals surface area contributed by atoms with Crippen molar-refractivity contribution in [3.8, 4) is 0 Å². The molecule has 0 fully saturated rings. The van der Waals surface area contributed by atoms with E-state index in [1.54, 1.807) is 11.8 Å². The van der Waals surface area contributed by atoms with Crippen LogP contribution in [0.2, 0.25) is 0 Å². The van der Waals surface area contributed by atoms with Gasteiger partial charge in [-0.2, -0.15) is 0 Å². The van der Waals surface area contributed by atoms with E-state index in [0.29, 0.717) is 24.1 Å². The molecule has 18 heavy (non-hydrogen) atoms. The average molecular weight is 271 g/mol. The van der Waals surface area contributed by atoms with Crippen LogP contribution in [0.3, 0.4) is 0 Å². The van der Waals surface area contributed by atoms with Gasteiger partial charge in [-0.3, -0.25) is 9.79 Å². The molecule has 2 unspecified atom stereocenters. The van der Waals surface area contributed by atoms with E-state index in [4.69, 9.17) is 0 Å². The van der Waals surface area contributed by atoms with Gasteiger partial charge in [0.05, 0.1) is 6.54 Å². The van der Waals surface area contributed by atoms with Crippen LogP contribution in [-0.2, 0) is 4.79 Å². The molecule has 0 aromatic carbocycles. The number of aliphatic imine (C=N–C) groups is 1. The van der Waals surface area contributed by atoms with Crippen LogP contribution < -0.4 is 10.6 Å². The van der Waals surface area contributed by atoms with Crippen molar-refractivity contribution in [3.63, 3.8) is 0 Å². The first-order valence-electron chi connectivity index (χ1n) is 6.77. The lowest BCUT2D eigenvalue weighted by atomic mass is 10.1. The molecule has 0 saturated heterocycles. The number of nitrogens with one attached hydrogen (secondary N) is 2. The molecule has 1 aliphatic rings. The molecule has 0 radical (unpaired) electrons. The Kier molecular flexibility index (Phi) is 6.54. The fourth-order valence-corrected chi connectivity index (χ4v) is 2.61. The summed E-state index contributed by atoms with van der Waals surface area (Å²) in [6.45, 7) is 10.1. The third-order valence-corrected chi connectivity index (χ3v) is 4.56. The highest BCUT2D eigenvalue weighted by Crippen LogP contribution is 2.25. The standard InChI is InChI=1S/C13H25N3OS/c1-5-10(4)16-12(17)6-7-14-13-15-8-11(18-13)9(2)3/h9-11H,5-8H2,1-4H3,(H,14,15)(H,16,17). The van der Waals surface area contributed by atoms with E-state index in [1.807, 2.05) is 6.92 Å². The normalized spacial score (nSPS) is 20.7. The molecule has 2 N–H and O–H groups in total. The molecule has 0 aliphatic carbocycles. The van der Waals surface area contributed by atoms with Crippen LogP contribution in [0.4, 0.5) is 0 Å². The molecule has 0 spiro atoms. The van der Waals surface area contributed by atoms with E-state index in [1.165, 1.54) is 0 Å². The average Bonchev–Trinajstić information content (AvgIpc) is 2.77. The van der Waals surface area contributed by atoms with Crippen LogP contribution in [0.15, 0.2) is 4.99 Å². The molecule has 1 amide bonds. The van der Waals surface area contributed by atoms with Gasteiger partial charge in [-0.05, 0) is 19.3 Å². The van der Waals surface area contributed by atoms with Crippen LogP contribution in [0.25, 0.3) is 0 Å². The minimum Gasteiger partial charge on any atom is -0.364 e. The molecular weight excluding hydrogens is 246 g/mol. The number of hydrogen-bond donors (Lipinski definition) is 2. The topological polar surface area (TPSA) is 53.5 Å². The monoisotopic (exact) mass is 271 g/mol. The minimum atomic E-state index is 0.112. The Morgan fingerprint density at radius 1 is 1.50 bits per heavy atom. The summed E-state index contributed by atoms with van der Waals surface area (Å²) in [4.78, 5) is 16.0. The van der Waals surface area contributed by atoms with Crippen molar-refractivity contribution in [2.75, 3.05) is 13.1 Å². The second kappa shape index (κ2) is 7.67. The molecular formula is C13H25N3OS. The largest absolute Gasteiger partial charge is 0.364 e. The summed E-state index contributed by atoms with van der Waals surface area (Å²) in [5.74, 6) is 0.757. The van der Waals surface area contributed by atoms with Crippen molar-refractivity contribution in [2.24, 2.45) is 10.9 Å². The predicted octanol–water partition coefficient (Wildman–Crippen LogP) is 2.01. The van der Waals surface area contributed by atoms with E-state index < -0.39 is 0 Å². The fourth-order valence-electron chi connectivity index (χ4n) is 1.57. The van der Waals surface area contributed by atoms with E-state index in [0.717, 1.165) is 18.1 Å². The molecule has 1 heterocycles. The zero-order valence-electron chi connectivity index (χ0n) is 11.8. The smallest absolute Gasteiger partial charge is 0.221 e. The van der Waals surface area contributed by atoms with Crippen molar-refractivity contribution in [3.05, 3.63) is 0 Å². The van der Waals surface area contributed by atoms with E-state index in [-0.39, 0.29) is 11.9 Å². The van der Waals surface area contributed by atoms with Crippen LogP contribution in [0.1, 0.15) is 40.5 Å². The van der Waals surface area contributed by atoms with Gasteiger partial charge in [0.15, 0.2) is 5.17 Å². The van der Waals surface area contributed by atoms with E-state index in [9.17, 15) is 4.79 Å². The highest BCUT2D eigenvalue weighted by molar-refractivity contribution is 8.14.